The third kappa shape index (κ3) is 5.73. The highest BCUT2D eigenvalue weighted by atomic mass is 16.2. The first-order chi connectivity index (χ1) is 19.0. The minimum absolute atomic E-state index is 0.146. The number of rotatable bonds is 8. The standard InChI is InChI=1S/C34H31N3O2/c1-3-31(36(24-27-16-8-5-9-17-27)32(38)22-21-26-14-6-4-7-15-26)33-35-30-20-11-10-19-29(30)34(39)37(33)28-18-12-13-25(2)23-28/h4-23,31H,3,24H2,1-2H3. The SMILES string of the molecule is CCC(c1nc2ccccc2c(=O)n1-c1cccc(C)c1)N(Cc1ccccc1)C(=O)C=Cc1ccccc1. The number of nitrogens with zero attached hydrogens (tertiary/aromatic N) is 3. The molecule has 0 aliphatic rings. The topological polar surface area (TPSA) is 55.2 Å². The van der Waals surface area contributed by atoms with Gasteiger partial charge in [0.25, 0.3) is 5.56 Å². The van der Waals surface area contributed by atoms with Crippen LogP contribution in [-0.4, -0.2) is 20.4 Å². The molecule has 0 aliphatic heterocycles. The molecule has 5 rings (SSSR count). The molecule has 194 valence electrons. The Morgan fingerprint density at radius 2 is 1.59 bits per heavy atom. The lowest BCUT2D eigenvalue weighted by atomic mass is 10.1. The first kappa shape index (κ1) is 25.9. The summed E-state index contributed by atoms with van der Waals surface area (Å²) in [5.41, 5.74) is 4.19. The number of amides is 1. The fourth-order valence-corrected chi connectivity index (χ4v) is 4.88. The number of aromatic nitrogens is 2. The summed E-state index contributed by atoms with van der Waals surface area (Å²) in [6, 6.07) is 34.4. The van der Waals surface area contributed by atoms with E-state index >= 15 is 0 Å². The predicted molar refractivity (Wildman–Crippen MR) is 158 cm³/mol. The summed E-state index contributed by atoms with van der Waals surface area (Å²) < 4.78 is 1.68. The quantitative estimate of drug-likeness (QED) is 0.212. The minimum atomic E-state index is -0.448. The number of carbonyl (C=O) groups excluding carboxylic acids is 1. The molecule has 0 fully saturated rings. The lowest BCUT2D eigenvalue weighted by molar-refractivity contribution is -0.129. The van der Waals surface area contributed by atoms with Crippen molar-refractivity contribution in [2.24, 2.45) is 0 Å². The van der Waals surface area contributed by atoms with Crippen molar-refractivity contribution in [1.29, 1.82) is 0 Å². The average Bonchev–Trinajstić information content (AvgIpc) is 2.97. The molecule has 1 aromatic heterocycles. The molecule has 0 saturated carbocycles. The van der Waals surface area contributed by atoms with E-state index in [4.69, 9.17) is 4.98 Å². The van der Waals surface area contributed by atoms with Crippen LogP contribution in [0.25, 0.3) is 22.7 Å². The van der Waals surface area contributed by atoms with E-state index in [1.54, 1.807) is 16.7 Å². The van der Waals surface area contributed by atoms with Crippen molar-refractivity contribution in [2.75, 3.05) is 0 Å². The Bertz CT molecular complexity index is 1670. The molecule has 1 heterocycles. The zero-order valence-electron chi connectivity index (χ0n) is 22.2. The summed E-state index contributed by atoms with van der Waals surface area (Å²) in [7, 11) is 0. The van der Waals surface area contributed by atoms with E-state index in [0.717, 1.165) is 22.4 Å². The average molecular weight is 514 g/mol. The van der Waals surface area contributed by atoms with Crippen LogP contribution in [0.3, 0.4) is 0 Å². The third-order valence-electron chi connectivity index (χ3n) is 6.82. The van der Waals surface area contributed by atoms with Gasteiger partial charge in [-0.2, -0.15) is 0 Å². The van der Waals surface area contributed by atoms with Gasteiger partial charge in [0, 0.05) is 12.6 Å². The number of aryl methyl sites for hydroxylation is 1. The van der Waals surface area contributed by atoms with E-state index in [-0.39, 0.29) is 11.5 Å². The third-order valence-corrected chi connectivity index (χ3v) is 6.82. The molecule has 5 nitrogen and oxygen atoms in total. The van der Waals surface area contributed by atoms with Crippen molar-refractivity contribution in [2.45, 2.75) is 32.9 Å². The highest BCUT2D eigenvalue weighted by Crippen LogP contribution is 2.28. The number of benzene rings is 4. The normalized spacial score (nSPS) is 12.1. The molecule has 39 heavy (non-hydrogen) atoms. The molecule has 4 aromatic carbocycles. The fraction of sp³-hybridized carbons (Fsp3) is 0.147. The van der Waals surface area contributed by atoms with E-state index in [1.165, 1.54) is 0 Å². The maximum atomic E-state index is 13.9. The van der Waals surface area contributed by atoms with Crippen LogP contribution >= 0.6 is 0 Å². The lowest BCUT2D eigenvalue weighted by Crippen LogP contribution is -2.37. The Kier molecular flexibility index (Phi) is 7.78. The maximum Gasteiger partial charge on any atom is 0.266 e. The van der Waals surface area contributed by atoms with Crippen LogP contribution in [-0.2, 0) is 11.3 Å². The van der Waals surface area contributed by atoms with Crippen molar-refractivity contribution < 1.29 is 4.79 Å². The Balaban J connectivity index is 1.68. The Morgan fingerprint density at radius 3 is 2.31 bits per heavy atom. The van der Waals surface area contributed by atoms with E-state index in [2.05, 4.69) is 0 Å². The zero-order valence-corrected chi connectivity index (χ0v) is 22.2. The number of fused-ring (bicyclic) bond motifs is 1. The second kappa shape index (κ2) is 11.7. The molecule has 0 saturated heterocycles. The molecule has 0 N–H and O–H groups in total. The summed E-state index contributed by atoms with van der Waals surface area (Å²) in [6.07, 6.45) is 4.01. The first-order valence-electron chi connectivity index (χ1n) is 13.2. The molecule has 1 amide bonds. The number of hydrogen-bond acceptors (Lipinski definition) is 3. The van der Waals surface area contributed by atoms with Gasteiger partial charge in [-0.25, -0.2) is 4.98 Å². The highest BCUT2D eigenvalue weighted by Gasteiger charge is 2.28. The molecular formula is C34H31N3O2. The van der Waals surface area contributed by atoms with Gasteiger partial charge in [0.1, 0.15) is 5.82 Å². The summed E-state index contributed by atoms with van der Waals surface area (Å²) in [6.45, 7) is 4.41. The second-order valence-electron chi connectivity index (χ2n) is 9.59. The van der Waals surface area contributed by atoms with Crippen LogP contribution in [0.15, 0.2) is 120 Å². The summed E-state index contributed by atoms with van der Waals surface area (Å²) in [4.78, 5) is 34.7. The Hall–Kier alpha value is -4.77. The van der Waals surface area contributed by atoms with Gasteiger partial charge < -0.3 is 4.90 Å². The molecule has 5 heteroatoms. The van der Waals surface area contributed by atoms with Crippen molar-refractivity contribution in [1.82, 2.24) is 14.5 Å². The highest BCUT2D eigenvalue weighted by molar-refractivity contribution is 5.92. The molecular weight excluding hydrogens is 482 g/mol. The molecule has 1 unspecified atom stereocenters. The molecule has 5 aromatic rings. The maximum absolute atomic E-state index is 13.9. The van der Waals surface area contributed by atoms with Crippen LogP contribution in [0, 0.1) is 6.92 Å². The smallest absolute Gasteiger partial charge is 0.266 e. The largest absolute Gasteiger partial charge is 0.325 e. The van der Waals surface area contributed by atoms with Crippen LogP contribution in [0.1, 0.15) is 41.9 Å². The fourth-order valence-electron chi connectivity index (χ4n) is 4.88. The van der Waals surface area contributed by atoms with E-state index < -0.39 is 6.04 Å². The van der Waals surface area contributed by atoms with Crippen molar-refractivity contribution >= 4 is 22.9 Å². The Morgan fingerprint density at radius 1 is 0.897 bits per heavy atom. The van der Waals surface area contributed by atoms with Crippen LogP contribution < -0.4 is 5.56 Å². The summed E-state index contributed by atoms with van der Waals surface area (Å²) in [5.74, 6) is 0.400. The van der Waals surface area contributed by atoms with Gasteiger partial charge in [-0.15, -0.1) is 0 Å². The Labute approximate surface area is 228 Å². The summed E-state index contributed by atoms with van der Waals surface area (Å²) in [5, 5.41) is 0.544. The van der Waals surface area contributed by atoms with Crippen molar-refractivity contribution in [3.63, 3.8) is 0 Å². The first-order valence-corrected chi connectivity index (χ1v) is 13.2. The lowest BCUT2D eigenvalue weighted by Gasteiger charge is -2.32. The van der Waals surface area contributed by atoms with E-state index in [1.807, 2.05) is 128 Å². The van der Waals surface area contributed by atoms with Gasteiger partial charge in [0.2, 0.25) is 5.91 Å². The number of para-hydroxylation sites is 1. The van der Waals surface area contributed by atoms with Crippen molar-refractivity contribution in [3.8, 4) is 5.69 Å². The van der Waals surface area contributed by atoms with E-state index in [0.29, 0.717) is 29.7 Å². The number of carbonyl (C=O) groups is 1. The van der Waals surface area contributed by atoms with E-state index in [9.17, 15) is 9.59 Å². The van der Waals surface area contributed by atoms with Crippen molar-refractivity contribution in [3.05, 3.63) is 148 Å². The van der Waals surface area contributed by atoms with Gasteiger partial charge >= 0.3 is 0 Å². The molecule has 0 radical (unpaired) electrons. The monoisotopic (exact) mass is 513 g/mol. The van der Waals surface area contributed by atoms with Gasteiger partial charge in [-0.05, 0) is 60.4 Å². The van der Waals surface area contributed by atoms with Crippen LogP contribution in [0.5, 0.6) is 0 Å². The molecule has 1 atom stereocenters. The van der Waals surface area contributed by atoms with Crippen LogP contribution in [0.4, 0.5) is 0 Å². The van der Waals surface area contributed by atoms with Gasteiger partial charge in [-0.3, -0.25) is 14.2 Å². The zero-order chi connectivity index (χ0) is 27.2. The van der Waals surface area contributed by atoms with Gasteiger partial charge in [0.05, 0.1) is 22.6 Å². The van der Waals surface area contributed by atoms with Gasteiger partial charge in [-0.1, -0.05) is 91.9 Å². The minimum Gasteiger partial charge on any atom is -0.325 e. The van der Waals surface area contributed by atoms with Crippen LogP contribution in [0.2, 0.25) is 0 Å². The molecule has 0 bridgehead atoms. The molecule has 0 spiro atoms. The van der Waals surface area contributed by atoms with Gasteiger partial charge in [0.15, 0.2) is 0 Å². The second-order valence-corrected chi connectivity index (χ2v) is 9.59. The summed E-state index contributed by atoms with van der Waals surface area (Å²) >= 11 is 0. The molecule has 0 aliphatic carbocycles. The number of hydrogen-bond donors (Lipinski definition) is 0. The predicted octanol–water partition coefficient (Wildman–Crippen LogP) is 6.89.